The molecule has 0 unspecified atom stereocenters. The fraction of sp³-hybridized carbons (Fsp3) is 0.212. The smallest absolute Gasteiger partial charge is 0.261 e. The number of nitrogens with one attached hydrogen (secondary N) is 4. The highest BCUT2D eigenvalue weighted by Crippen LogP contribution is 2.40. The van der Waals surface area contributed by atoms with Crippen molar-refractivity contribution < 1.29 is 23.1 Å². The van der Waals surface area contributed by atoms with Crippen LogP contribution >= 0.6 is 0 Å². The Kier molecular flexibility index (Phi) is 8.88. The van der Waals surface area contributed by atoms with Crippen LogP contribution in [0.2, 0.25) is 0 Å². The van der Waals surface area contributed by atoms with Crippen molar-refractivity contribution in [2.24, 2.45) is 0 Å². The van der Waals surface area contributed by atoms with Crippen LogP contribution < -0.4 is 15.4 Å². The van der Waals surface area contributed by atoms with Crippen molar-refractivity contribution in [1.82, 2.24) is 15.2 Å². The highest BCUT2D eigenvalue weighted by molar-refractivity contribution is 7.92. The third-order valence-corrected chi connectivity index (χ3v) is 9.02. The molecule has 5 rings (SSSR count). The number of nitrogens with zero attached hydrogens (tertiary/aromatic N) is 1. The topological polar surface area (TPSA) is 144 Å². The van der Waals surface area contributed by atoms with E-state index in [9.17, 15) is 23.1 Å². The number of amides is 2. The number of phenolic OH excluding ortho intramolecular Hbond substituents is 1. The van der Waals surface area contributed by atoms with Crippen LogP contribution in [0.4, 0.5) is 11.4 Å². The van der Waals surface area contributed by atoms with Gasteiger partial charge in [-0.15, -0.1) is 0 Å². The number of hydrogen-bond acceptors (Lipinski definition) is 6. The SMILES string of the molecule is CCN(CC)CCNC(=O)c1c(C)[nH]c(/C=C2\C(=O)Nc3ccc(NS(=O)(=O)c4ccccc4)cc32)c1-c1ccccc1O. The molecule has 3 aromatic carbocycles. The fourth-order valence-electron chi connectivity index (χ4n) is 5.31. The van der Waals surface area contributed by atoms with E-state index < -0.39 is 10.0 Å². The quantitative estimate of drug-likeness (QED) is 0.150. The Bertz CT molecular complexity index is 1840. The summed E-state index contributed by atoms with van der Waals surface area (Å²) in [7, 11) is -3.85. The van der Waals surface area contributed by atoms with Gasteiger partial charge in [0.2, 0.25) is 0 Å². The molecule has 0 saturated heterocycles. The molecule has 0 aliphatic carbocycles. The predicted octanol–water partition coefficient (Wildman–Crippen LogP) is 5.06. The van der Waals surface area contributed by atoms with E-state index in [1.54, 1.807) is 73.7 Å². The molecule has 0 atom stereocenters. The molecule has 5 N–H and O–H groups in total. The molecule has 0 radical (unpaired) electrons. The number of phenols is 1. The molecule has 1 aliphatic heterocycles. The number of aromatic amines is 1. The first-order valence-corrected chi connectivity index (χ1v) is 15.9. The summed E-state index contributed by atoms with van der Waals surface area (Å²) in [6.45, 7) is 8.78. The van der Waals surface area contributed by atoms with Crippen LogP contribution in [0.1, 0.15) is 41.2 Å². The van der Waals surface area contributed by atoms with Gasteiger partial charge in [0.25, 0.3) is 21.8 Å². The van der Waals surface area contributed by atoms with Gasteiger partial charge < -0.3 is 25.6 Å². The first kappa shape index (κ1) is 30.6. The Morgan fingerprint density at radius 3 is 2.39 bits per heavy atom. The third kappa shape index (κ3) is 6.24. The van der Waals surface area contributed by atoms with Crippen LogP contribution in [0.25, 0.3) is 22.8 Å². The highest BCUT2D eigenvalue weighted by Gasteiger charge is 2.28. The molecule has 2 amide bonds. The first-order chi connectivity index (χ1) is 21.1. The predicted molar refractivity (Wildman–Crippen MR) is 173 cm³/mol. The molecule has 11 heteroatoms. The molecular weight excluding hydrogens is 578 g/mol. The van der Waals surface area contributed by atoms with E-state index in [4.69, 9.17) is 0 Å². The number of aromatic hydroxyl groups is 1. The largest absolute Gasteiger partial charge is 0.507 e. The average molecular weight is 614 g/mol. The van der Waals surface area contributed by atoms with E-state index in [2.05, 4.69) is 39.1 Å². The summed E-state index contributed by atoms with van der Waals surface area (Å²) < 4.78 is 28.5. The van der Waals surface area contributed by atoms with Gasteiger partial charge in [-0.1, -0.05) is 50.2 Å². The Labute approximate surface area is 256 Å². The van der Waals surface area contributed by atoms with Gasteiger partial charge in [-0.2, -0.15) is 0 Å². The van der Waals surface area contributed by atoms with Crippen molar-refractivity contribution in [2.75, 3.05) is 36.2 Å². The Morgan fingerprint density at radius 2 is 1.68 bits per heavy atom. The number of fused-ring (bicyclic) bond motifs is 1. The zero-order valence-electron chi connectivity index (χ0n) is 24.8. The van der Waals surface area contributed by atoms with Crippen molar-refractivity contribution in [3.63, 3.8) is 0 Å². The number of aryl methyl sites for hydroxylation is 1. The molecule has 0 spiro atoms. The number of likely N-dealkylation sites (N-methyl/N-ethyl adjacent to an activating group) is 1. The van der Waals surface area contributed by atoms with Gasteiger partial charge in [0.05, 0.1) is 16.0 Å². The summed E-state index contributed by atoms with van der Waals surface area (Å²) in [5, 5.41) is 16.6. The second-order valence-electron chi connectivity index (χ2n) is 10.4. The van der Waals surface area contributed by atoms with Gasteiger partial charge in [-0.05, 0) is 62.5 Å². The number of hydrogen-bond donors (Lipinski definition) is 5. The molecule has 228 valence electrons. The van der Waals surface area contributed by atoms with E-state index in [0.29, 0.717) is 52.4 Å². The minimum absolute atomic E-state index is 0.0165. The number of sulfonamides is 1. The Hall–Kier alpha value is -4.87. The monoisotopic (exact) mass is 613 g/mol. The molecule has 44 heavy (non-hydrogen) atoms. The molecule has 0 saturated carbocycles. The van der Waals surface area contributed by atoms with Crippen LogP contribution in [0.5, 0.6) is 5.75 Å². The molecule has 1 aliphatic rings. The van der Waals surface area contributed by atoms with E-state index in [1.807, 2.05) is 0 Å². The second kappa shape index (κ2) is 12.8. The molecule has 10 nitrogen and oxygen atoms in total. The maximum absolute atomic E-state index is 13.5. The standard InChI is InChI=1S/C33H35N5O5S/c1-4-38(5-2)18-17-34-33(41)30-21(3)35-28(31(30)24-13-9-10-14-29(24)39)20-26-25-19-22(15-16-27(25)36-32(26)40)37-44(42,43)23-11-7-6-8-12-23/h6-16,19-20,35,37,39H,4-5,17-18H2,1-3H3,(H,34,41)(H,36,40)/b26-20-. The van der Waals surface area contributed by atoms with Crippen molar-refractivity contribution >= 4 is 44.9 Å². The molecular formula is C33H35N5O5S. The van der Waals surface area contributed by atoms with E-state index in [-0.39, 0.29) is 33.7 Å². The Balaban J connectivity index is 1.55. The van der Waals surface area contributed by atoms with Gasteiger partial charge in [0, 0.05) is 52.5 Å². The van der Waals surface area contributed by atoms with Crippen molar-refractivity contribution in [2.45, 2.75) is 25.7 Å². The van der Waals surface area contributed by atoms with Crippen LogP contribution in [0, 0.1) is 6.92 Å². The molecule has 0 fully saturated rings. The number of carbonyl (C=O) groups is 2. The second-order valence-corrected chi connectivity index (χ2v) is 12.1. The number of para-hydroxylation sites is 1. The highest BCUT2D eigenvalue weighted by atomic mass is 32.2. The van der Waals surface area contributed by atoms with Crippen LogP contribution in [-0.4, -0.2) is 61.4 Å². The number of anilines is 2. The zero-order valence-corrected chi connectivity index (χ0v) is 25.6. The lowest BCUT2D eigenvalue weighted by Gasteiger charge is -2.18. The zero-order chi connectivity index (χ0) is 31.4. The van der Waals surface area contributed by atoms with Gasteiger partial charge >= 0.3 is 0 Å². The van der Waals surface area contributed by atoms with Crippen molar-refractivity contribution in [1.29, 1.82) is 0 Å². The van der Waals surface area contributed by atoms with E-state index >= 15 is 0 Å². The molecule has 2 heterocycles. The minimum atomic E-state index is -3.85. The number of aromatic nitrogens is 1. The van der Waals surface area contributed by atoms with Crippen molar-refractivity contribution in [3.05, 3.63) is 95.3 Å². The average Bonchev–Trinajstić information content (AvgIpc) is 3.50. The van der Waals surface area contributed by atoms with Gasteiger partial charge in [0.1, 0.15) is 5.75 Å². The summed E-state index contributed by atoms with van der Waals surface area (Å²) in [6.07, 6.45) is 1.62. The van der Waals surface area contributed by atoms with Gasteiger partial charge in [0.15, 0.2) is 0 Å². The molecule has 4 aromatic rings. The Morgan fingerprint density at radius 1 is 0.977 bits per heavy atom. The van der Waals surface area contributed by atoms with Gasteiger partial charge in [-0.25, -0.2) is 8.42 Å². The summed E-state index contributed by atoms with van der Waals surface area (Å²) in [6, 6.07) is 19.5. The fourth-order valence-corrected chi connectivity index (χ4v) is 6.39. The third-order valence-electron chi connectivity index (χ3n) is 7.62. The van der Waals surface area contributed by atoms with Gasteiger partial charge in [-0.3, -0.25) is 14.3 Å². The van der Waals surface area contributed by atoms with E-state index in [1.165, 1.54) is 12.1 Å². The number of benzene rings is 3. The summed E-state index contributed by atoms with van der Waals surface area (Å²) in [4.78, 5) is 32.3. The number of H-pyrrole nitrogens is 1. The lowest BCUT2D eigenvalue weighted by Crippen LogP contribution is -2.35. The number of carbonyl (C=O) groups excluding carboxylic acids is 2. The lowest BCUT2D eigenvalue weighted by atomic mass is 9.96. The molecule has 0 bridgehead atoms. The summed E-state index contributed by atoms with van der Waals surface area (Å²) in [5.74, 6) is -0.705. The van der Waals surface area contributed by atoms with E-state index in [0.717, 1.165) is 13.1 Å². The van der Waals surface area contributed by atoms with Crippen LogP contribution in [0.3, 0.4) is 0 Å². The normalized spacial score (nSPS) is 13.6. The van der Waals surface area contributed by atoms with Crippen LogP contribution in [-0.2, 0) is 14.8 Å². The van der Waals surface area contributed by atoms with Crippen molar-refractivity contribution in [3.8, 4) is 16.9 Å². The molecule has 1 aromatic heterocycles. The first-order valence-electron chi connectivity index (χ1n) is 14.4. The van der Waals surface area contributed by atoms with Crippen LogP contribution in [0.15, 0.2) is 77.7 Å². The summed E-state index contributed by atoms with van der Waals surface area (Å²) >= 11 is 0. The number of rotatable bonds is 11. The maximum Gasteiger partial charge on any atom is 0.261 e. The minimum Gasteiger partial charge on any atom is -0.507 e. The lowest BCUT2D eigenvalue weighted by molar-refractivity contribution is -0.110. The summed E-state index contributed by atoms with van der Waals surface area (Å²) in [5.41, 5.74) is 3.83. The maximum atomic E-state index is 13.5.